The van der Waals surface area contributed by atoms with Gasteiger partial charge in [0.1, 0.15) is 5.69 Å². The summed E-state index contributed by atoms with van der Waals surface area (Å²) in [6.07, 6.45) is -2.85. The van der Waals surface area contributed by atoms with Gasteiger partial charge in [-0.1, -0.05) is 0 Å². The molecule has 1 aromatic rings. The van der Waals surface area contributed by atoms with E-state index in [1.54, 1.807) is 0 Å². The number of hydrogen-bond donors (Lipinski definition) is 1. The van der Waals surface area contributed by atoms with Crippen LogP contribution in [0.4, 0.5) is 13.2 Å². The summed E-state index contributed by atoms with van der Waals surface area (Å²) >= 11 is 2.70. The lowest BCUT2D eigenvalue weighted by Gasteiger charge is -2.01. The quantitative estimate of drug-likeness (QED) is 0.768. The largest absolute Gasteiger partial charge is 0.503 e. The topological polar surface area (TPSA) is 33.1 Å². The molecule has 0 spiro atoms. The molecule has 0 aliphatic carbocycles. The monoisotopic (exact) mass is 241 g/mol. The summed E-state index contributed by atoms with van der Waals surface area (Å²) in [5.41, 5.74) is -0.711. The van der Waals surface area contributed by atoms with Gasteiger partial charge in [0.25, 0.3) is 12.4 Å². The van der Waals surface area contributed by atoms with Crippen molar-refractivity contribution in [2.45, 2.75) is 6.43 Å². The van der Waals surface area contributed by atoms with E-state index in [0.717, 1.165) is 6.07 Å². The van der Waals surface area contributed by atoms with Gasteiger partial charge in [-0.25, -0.2) is 13.8 Å². The molecule has 1 heterocycles. The summed E-state index contributed by atoms with van der Waals surface area (Å²) < 4.78 is 36.2. The van der Waals surface area contributed by atoms with Crippen LogP contribution in [0.1, 0.15) is 12.1 Å². The third-order valence-corrected chi connectivity index (χ3v) is 1.75. The fourth-order valence-electron chi connectivity index (χ4n) is 0.607. The highest BCUT2D eigenvalue weighted by Gasteiger charge is 2.15. The number of alkyl halides is 2. The maximum Gasteiger partial charge on any atom is 0.280 e. The lowest BCUT2D eigenvalue weighted by molar-refractivity contribution is 0.144. The van der Waals surface area contributed by atoms with E-state index in [-0.39, 0.29) is 4.47 Å². The van der Waals surface area contributed by atoms with Crippen LogP contribution in [0.5, 0.6) is 5.75 Å². The minimum Gasteiger partial charge on any atom is -0.503 e. The first-order valence-corrected chi connectivity index (χ1v) is 3.64. The lowest BCUT2D eigenvalue weighted by Crippen LogP contribution is -1.94. The number of rotatable bonds is 1. The van der Waals surface area contributed by atoms with Crippen LogP contribution in [0.3, 0.4) is 0 Å². The van der Waals surface area contributed by atoms with Crippen molar-refractivity contribution in [3.8, 4) is 5.75 Å². The van der Waals surface area contributed by atoms with Gasteiger partial charge in [0.2, 0.25) is 0 Å². The normalized spacial score (nSPS) is 10.8. The molecule has 0 bridgehead atoms. The Labute approximate surface area is 74.2 Å². The Kier molecular flexibility index (Phi) is 2.56. The van der Waals surface area contributed by atoms with Crippen LogP contribution < -0.4 is 0 Å². The van der Waals surface area contributed by atoms with E-state index in [9.17, 15) is 13.2 Å². The SMILES string of the molecule is Oc1c(Br)cc(C(F)F)nc1F. The van der Waals surface area contributed by atoms with Crippen molar-refractivity contribution in [2.75, 3.05) is 0 Å². The third kappa shape index (κ3) is 1.69. The molecule has 0 aromatic carbocycles. The van der Waals surface area contributed by atoms with Gasteiger partial charge < -0.3 is 5.11 Å². The van der Waals surface area contributed by atoms with E-state index >= 15 is 0 Å². The van der Waals surface area contributed by atoms with Crippen molar-refractivity contribution < 1.29 is 18.3 Å². The standard InChI is InChI=1S/C6H3BrF3NO/c7-2-1-3(5(8)9)11-6(10)4(2)12/h1,5,12H. The lowest BCUT2D eigenvalue weighted by atomic mass is 10.3. The van der Waals surface area contributed by atoms with Gasteiger partial charge >= 0.3 is 0 Å². The van der Waals surface area contributed by atoms with Gasteiger partial charge in [0.05, 0.1) is 4.47 Å². The van der Waals surface area contributed by atoms with Crippen molar-refractivity contribution in [1.82, 2.24) is 4.98 Å². The van der Waals surface area contributed by atoms with Crippen LogP contribution >= 0.6 is 15.9 Å². The molecule has 0 saturated heterocycles. The molecule has 0 radical (unpaired) electrons. The molecule has 1 aromatic heterocycles. The molecular formula is C6H3BrF3NO. The number of nitrogens with zero attached hydrogens (tertiary/aromatic N) is 1. The number of halogens is 4. The molecule has 0 fully saturated rings. The summed E-state index contributed by atoms with van der Waals surface area (Å²) in [4.78, 5) is 2.84. The van der Waals surface area contributed by atoms with Crippen LogP contribution in [0.15, 0.2) is 10.5 Å². The molecule has 1 N–H and O–H groups in total. The van der Waals surface area contributed by atoms with Gasteiger partial charge in [0.15, 0.2) is 5.75 Å². The molecule has 0 atom stereocenters. The third-order valence-electron chi connectivity index (χ3n) is 1.15. The van der Waals surface area contributed by atoms with E-state index in [0.29, 0.717) is 0 Å². The fourth-order valence-corrected chi connectivity index (χ4v) is 1.01. The molecule has 0 saturated carbocycles. The van der Waals surface area contributed by atoms with Crippen molar-refractivity contribution >= 4 is 15.9 Å². The summed E-state index contributed by atoms with van der Waals surface area (Å²) in [5.74, 6) is -2.07. The second-order valence-corrected chi connectivity index (χ2v) is 2.82. The maximum atomic E-state index is 12.5. The van der Waals surface area contributed by atoms with Crippen molar-refractivity contribution in [1.29, 1.82) is 0 Å². The Morgan fingerprint density at radius 1 is 1.50 bits per heavy atom. The molecule has 66 valence electrons. The van der Waals surface area contributed by atoms with Crippen LogP contribution in [-0.2, 0) is 0 Å². The number of aromatic hydroxyl groups is 1. The summed E-state index contributed by atoms with van der Waals surface area (Å²) in [6, 6.07) is 0.864. The Morgan fingerprint density at radius 2 is 2.08 bits per heavy atom. The second-order valence-electron chi connectivity index (χ2n) is 1.97. The second kappa shape index (κ2) is 3.30. The van der Waals surface area contributed by atoms with E-state index in [1.807, 2.05) is 0 Å². The van der Waals surface area contributed by atoms with E-state index in [4.69, 9.17) is 5.11 Å². The molecule has 0 unspecified atom stereocenters. The Hall–Kier alpha value is -0.780. The highest BCUT2D eigenvalue weighted by Crippen LogP contribution is 2.29. The average molecular weight is 242 g/mol. The maximum absolute atomic E-state index is 12.5. The number of pyridine rings is 1. The highest BCUT2D eigenvalue weighted by atomic mass is 79.9. The number of aromatic nitrogens is 1. The molecule has 0 aliphatic rings. The predicted octanol–water partition coefficient (Wildman–Crippen LogP) is 2.63. The molecule has 0 aliphatic heterocycles. The smallest absolute Gasteiger partial charge is 0.280 e. The number of hydrogen-bond acceptors (Lipinski definition) is 2. The molecule has 12 heavy (non-hydrogen) atoms. The zero-order valence-corrected chi connectivity index (χ0v) is 7.15. The Balaban J connectivity index is 3.21. The van der Waals surface area contributed by atoms with Crippen LogP contribution in [-0.4, -0.2) is 10.1 Å². The predicted molar refractivity (Wildman–Crippen MR) is 38.5 cm³/mol. The Bertz CT molecular complexity index is 282. The summed E-state index contributed by atoms with van der Waals surface area (Å²) in [6.45, 7) is 0. The van der Waals surface area contributed by atoms with Crippen molar-refractivity contribution in [3.63, 3.8) is 0 Å². The first-order chi connectivity index (χ1) is 5.52. The van der Waals surface area contributed by atoms with Crippen LogP contribution in [0, 0.1) is 5.95 Å². The zero-order valence-electron chi connectivity index (χ0n) is 5.56. The minimum absolute atomic E-state index is 0.134. The van der Waals surface area contributed by atoms with E-state index in [1.165, 1.54) is 0 Å². The van der Waals surface area contributed by atoms with Crippen LogP contribution in [0.2, 0.25) is 0 Å². The van der Waals surface area contributed by atoms with E-state index in [2.05, 4.69) is 20.9 Å². The first kappa shape index (κ1) is 9.31. The van der Waals surface area contributed by atoms with E-state index < -0.39 is 23.8 Å². The summed E-state index contributed by atoms with van der Waals surface area (Å²) in [7, 11) is 0. The molecular weight excluding hydrogens is 239 g/mol. The zero-order chi connectivity index (χ0) is 9.30. The van der Waals surface area contributed by atoms with Crippen LogP contribution in [0.25, 0.3) is 0 Å². The van der Waals surface area contributed by atoms with Gasteiger partial charge in [-0.15, -0.1) is 0 Å². The van der Waals surface area contributed by atoms with Crippen molar-refractivity contribution in [3.05, 3.63) is 22.2 Å². The average Bonchev–Trinajstić information content (AvgIpc) is 1.99. The van der Waals surface area contributed by atoms with Gasteiger partial charge in [-0.05, 0) is 22.0 Å². The Morgan fingerprint density at radius 3 is 2.50 bits per heavy atom. The van der Waals surface area contributed by atoms with Crippen molar-refractivity contribution in [2.24, 2.45) is 0 Å². The molecule has 2 nitrogen and oxygen atoms in total. The van der Waals surface area contributed by atoms with Gasteiger partial charge in [-0.2, -0.15) is 4.39 Å². The molecule has 0 amide bonds. The van der Waals surface area contributed by atoms with Gasteiger partial charge in [0, 0.05) is 0 Å². The molecule has 6 heteroatoms. The fraction of sp³-hybridized carbons (Fsp3) is 0.167. The van der Waals surface area contributed by atoms with Gasteiger partial charge in [-0.3, -0.25) is 0 Å². The minimum atomic E-state index is -2.85. The molecule has 1 rings (SSSR count). The first-order valence-electron chi connectivity index (χ1n) is 2.85. The highest BCUT2D eigenvalue weighted by molar-refractivity contribution is 9.10. The summed E-state index contributed by atoms with van der Waals surface area (Å²) in [5, 5.41) is 8.78.